The lowest BCUT2D eigenvalue weighted by Gasteiger charge is -2.01. The van der Waals surface area contributed by atoms with E-state index in [9.17, 15) is 9.59 Å². The maximum Gasteiger partial charge on any atom is 0.267 e. The molecule has 0 radical (unpaired) electrons. The number of hydrogen-bond acceptors (Lipinski definition) is 4. The molecule has 2 aromatic rings. The van der Waals surface area contributed by atoms with Gasteiger partial charge in [-0.3, -0.25) is 9.59 Å². The van der Waals surface area contributed by atoms with Crippen LogP contribution >= 0.6 is 11.3 Å². The van der Waals surface area contributed by atoms with Gasteiger partial charge in [0, 0.05) is 30.1 Å². The lowest BCUT2D eigenvalue weighted by molar-refractivity contribution is 0.0949. The quantitative estimate of drug-likeness (QED) is 0.820. The Bertz CT molecular complexity index is 601. The number of aromatic amines is 1. The van der Waals surface area contributed by atoms with Crippen molar-refractivity contribution in [3.05, 3.63) is 39.6 Å². The normalized spacial score (nSPS) is 10.4. The maximum atomic E-state index is 11.8. The van der Waals surface area contributed by atoms with Gasteiger partial charge in [0.25, 0.3) is 5.91 Å². The van der Waals surface area contributed by atoms with E-state index in [4.69, 9.17) is 0 Å². The van der Waals surface area contributed by atoms with E-state index in [1.807, 2.05) is 12.3 Å². The van der Waals surface area contributed by atoms with Crippen LogP contribution in [0, 0.1) is 6.92 Å². The third-order valence-electron chi connectivity index (χ3n) is 2.67. The summed E-state index contributed by atoms with van der Waals surface area (Å²) in [5.41, 5.74) is 1.90. The Balaban J connectivity index is 1.85. The Kier molecular flexibility index (Phi) is 4.11. The number of hydrogen-bond donors (Lipinski definition) is 2. The number of amides is 1. The molecule has 2 aromatic heterocycles. The molecule has 19 heavy (non-hydrogen) atoms. The lowest BCUT2D eigenvalue weighted by atomic mass is 10.2. The minimum absolute atomic E-state index is 0.0618. The number of carbonyl (C=O) groups is 2. The Morgan fingerprint density at radius 2 is 2.26 bits per heavy atom. The molecule has 2 N–H and O–H groups in total. The summed E-state index contributed by atoms with van der Waals surface area (Å²) >= 11 is 1.60. The third kappa shape index (κ3) is 3.51. The van der Waals surface area contributed by atoms with E-state index in [0.29, 0.717) is 24.2 Å². The van der Waals surface area contributed by atoms with E-state index in [2.05, 4.69) is 15.3 Å². The van der Waals surface area contributed by atoms with Crippen LogP contribution in [-0.2, 0) is 6.42 Å². The molecule has 1 amide bonds. The van der Waals surface area contributed by atoms with Gasteiger partial charge >= 0.3 is 0 Å². The molecule has 100 valence electrons. The summed E-state index contributed by atoms with van der Waals surface area (Å²) in [4.78, 5) is 30.0. The highest BCUT2D eigenvalue weighted by Gasteiger charge is 2.10. The monoisotopic (exact) mass is 277 g/mol. The van der Waals surface area contributed by atoms with Crippen molar-refractivity contribution < 1.29 is 9.59 Å². The Morgan fingerprint density at radius 3 is 2.84 bits per heavy atom. The highest BCUT2D eigenvalue weighted by molar-refractivity contribution is 7.09. The maximum absolute atomic E-state index is 11.8. The van der Waals surface area contributed by atoms with E-state index >= 15 is 0 Å². The molecule has 2 rings (SSSR count). The summed E-state index contributed by atoms with van der Waals surface area (Å²) < 4.78 is 0. The van der Waals surface area contributed by atoms with E-state index < -0.39 is 0 Å². The number of nitrogens with one attached hydrogen (secondary N) is 2. The first kappa shape index (κ1) is 13.5. The Hall–Kier alpha value is -1.95. The van der Waals surface area contributed by atoms with Crippen LogP contribution in [0.25, 0.3) is 0 Å². The first-order valence-corrected chi connectivity index (χ1v) is 6.83. The summed E-state index contributed by atoms with van der Waals surface area (Å²) in [5, 5.41) is 5.81. The van der Waals surface area contributed by atoms with Gasteiger partial charge in [0.1, 0.15) is 5.69 Å². The van der Waals surface area contributed by atoms with Gasteiger partial charge in [-0.2, -0.15) is 0 Å². The highest BCUT2D eigenvalue weighted by atomic mass is 32.1. The second-order valence-corrected chi connectivity index (χ2v) is 5.28. The van der Waals surface area contributed by atoms with Crippen LogP contribution < -0.4 is 5.32 Å². The van der Waals surface area contributed by atoms with Gasteiger partial charge in [-0.25, -0.2) is 4.98 Å². The Morgan fingerprint density at radius 1 is 1.47 bits per heavy atom. The second-order valence-electron chi connectivity index (χ2n) is 4.22. The zero-order valence-corrected chi connectivity index (χ0v) is 11.6. The van der Waals surface area contributed by atoms with Crippen molar-refractivity contribution in [3.63, 3.8) is 0 Å². The predicted molar refractivity (Wildman–Crippen MR) is 73.7 cm³/mol. The molecule has 6 heteroatoms. The molecule has 0 atom stereocenters. The molecule has 0 aliphatic carbocycles. The van der Waals surface area contributed by atoms with Crippen LogP contribution in [0.15, 0.2) is 17.6 Å². The van der Waals surface area contributed by atoms with Crippen LogP contribution in [0.5, 0.6) is 0 Å². The van der Waals surface area contributed by atoms with E-state index in [-0.39, 0.29) is 11.7 Å². The number of aromatic nitrogens is 2. The molecule has 0 bridgehead atoms. The van der Waals surface area contributed by atoms with Crippen molar-refractivity contribution in [1.82, 2.24) is 15.3 Å². The lowest BCUT2D eigenvalue weighted by Crippen LogP contribution is -2.26. The zero-order valence-electron chi connectivity index (χ0n) is 10.8. The van der Waals surface area contributed by atoms with Crippen molar-refractivity contribution >= 4 is 23.0 Å². The highest BCUT2D eigenvalue weighted by Crippen LogP contribution is 2.08. The fourth-order valence-electron chi connectivity index (χ4n) is 1.65. The molecule has 0 aromatic carbocycles. The Labute approximate surface area is 115 Å². The van der Waals surface area contributed by atoms with Gasteiger partial charge in [-0.05, 0) is 19.9 Å². The first-order chi connectivity index (χ1) is 9.06. The first-order valence-electron chi connectivity index (χ1n) is 5.95. The molecule has 0 aliphatic heterocycles. The van der Waals surface area contributed by atoms with Gasteiger partial charge in [0.2, 0.25) is 0 Å². The largest absolute Gasteiger partial charge is 0.356 e. The minimum Gasteiger partial charge on any atom is -0.356 e. The van der Waals surface area contributed by atoms with Crippen molar-refractivity contribution in [3.8, 4) is 0 Å². The molecule has 0 fully saturated rings. The van der Waals surface area contributed by atoms with Gasteiger partial charge in [0.15, 0.2) is 5.78 Å². The number of Topliss-reactive ketones (excluding diaryl/α,β-unsaturated/α-hetero) is 1. The number of H-pyrrole nitrogens is 1. The summed E-state index contributed by atoms with van der Waals surface area (Å²) in [6.45, 7) is 3.95. The molecule has 0 saturated heterocycles. The molecule has 5 nitrogen and oxygen atoms in total. The van der Waals surface area contributed by atoms with Gasteiger partial charge < -0.3 is 10.3 Å². The average Bonchev–Trinajstić information content (AvgIpc) is 2.98. The average molecular weight is 277 g/mol. The van der Waals surface area contributed by atoms with Crippen LogP contribution in [0.2, 0.25) is 0 Å². The topological polar surface area (TPSA) is 74.8 Å². The number of thiazole rings is 1. The van der Waals surface area contributed by atoms with Gasteiger partial charge in [-0.1, -0.05) is 0 Å². The van der Waals surface area contributed by atoms with E-state index in [1.54, 1.807) is 23.6 Å². The van der Waals surface area contributed by atoms with Crippen molar-refractivity contribution in [2.24, 2.45) is 0 Å². The standard InChI is InChI=1S/C13H15N3O2S/c1-8(17)10-5-12(15-6-10)13(18)14-4-3-11-7-19-9(2)16-11/h5-7,15H,3-4H2,1-2H3,(H,14,18). The number of ketones is 1. The van der Waals surface area contributed by atoms with Crippen molar-refractivity contribution in [2.45, 2.75) is 20.3 Å². The fraction of sp³-hybridized carbons (Fsp3) is 0.308. The zero-order chi connectivity index (χ0) is 13.8. The summed E-state index contributed by atoms with van der Waals surface area (Å²) in [6, 6.07) is 1.56. The minimum atomic E-state index is -0.209. The van der Waals surface area contributed by atoms with E-state index in [0.717, 1.165) is 10.7 Å². The van der Waals surface area contributed by atoms with Crippen LogP contribution in [0.4, 0.5) is 0 Å². The van der Waals surface area contributed by atoms with E-state index in [1.165, 1.54) is 6.92 Å². The molecule has 2 heterocycles. The number of nitrogens with zero attached hydrogens (tertiary/aromatic N) is 1. The summed E-state index contributed by atoms with van der Waals surface area (Å²) in [5.74, 6) is -0.271. The predicted octanol–water partition coefficient (Wildman–Crippen LogP) is 1.95. The molecule has 0 saturated carbocycles. The van der Waals surface area contributed by atoms with Crippen LogP contribution in [0.3, 0.4) is 0 Å². The fourth-order valence-corrected chi connectivity index (χ4v) is 2.30. The second kappa shape index (κ2) is 5.79. The molecular formula is C13H15N3O2S. The molecule has 0 unspecified atom stereocenters. The van der Waals surface area contributed by atoms with Gasteiger partial charge in [0.05, 0.1) is 10.7 Å². The molecule has 0 aliphatic rings. The number of carbonyl (C=O) groups excluding carboxylic acids is 2. The van der Waals surface area contributed by atoms with Crippen molar-refractivity contribution in [2.75, 3.05) is 6.54 Å². The molecule has 0 spiro atoms. The molecular weight excluding hydrogens is 262 g/mol. The number of rotatable bonds is 5. The van der Waals surface area contributed by atoms with Gasteiger partial charge in [-0.15, -0.1) is 11.3 Å². The van der Waals surface area contributed by atoms with Crippen LogP contribution in [0.1, 0.15) is 38.5 Å². The summed E-state index contributed by atoms with van der Waals surface area (Å²) in [6.07, 6.45) is 2.25. The summed E-state index contributed by atoms with van der Waals surface area (Å²) in [7, 11) is 0. The van der Waals surface area contributed by atoms with Crippen molar-refractivity contribution in [1.29, 1.82) is 0 Å². The SMILES string of the molecule is CC(=O)c1c[nH]c(C(=O)NCCc2csc(C)n2)c1. The third-order valence-corrected chi connectivity index (χ3v) is 3.49. The number of aryl methyl sites for hydroxylation is 1. The smallest absolute Gasteiger partial charge is 0.267 e. The van der Waals surface area contributed by atoms with Crippen LogP contribution in [-0.4, -0.2) is 28.2 Å².